The van der Waals surface area contributed by atoms with Gasteiger partial charge in [0.05, 0.1) is 0 Å². The van der Waals surface area contributed by atoms with Crippen molar-refractivity contribution in [3.05, 3.63) is 414 Å². The number of phenolic OH excluding ortho intramolecular Hbond substituents is 20. The van der Waals surface area contributed by atoms with Crippen LogP contribution in [-0.2, 0) is 6.42 Å². The van der Waals surface area contributed by atoms with Crippen LogP contribution in [0.3, 0.4) is 0 Å². The van der Waals surface area contributed by atoms with Crippen LogP contribution in [0.4, 0.5) is 0 Å². The Kier molecular flexibility index (Phi) is 27.6. The van der Waals surface area contributed by atoms with Crippen LogP contribution in [-0.4, -0.2) is 102 Å². The number of aromatic hydroxyl groups is 20. The van der Waals surface area contributed by atoms with Crippen LogP contribution < -0.4 is 0 Å². The minimum absolute atomic E-state index is 0.0312. The topological polar surface area (TPSA) is 405 Å². The maximum atomic E-state index is 10.4. The summed E-state index contributed by atoms with van der Waals surface area (Å²) in [5.74, 6) is -3.12. The van der Waals surface area contributed by atoms with Crippen LogP contribution in [0.2, 0.25) is 0 Å². The quantitative estimate of drug-likeness (QED) is 0.0400. The van der Waals surface area contributed by atoms with Crippen molar-refractivity contribution >= 4 is 0 Å². The molecule has 122 heavy (non-hydrogen) atoms. The average molecular weight is 1640 g/mol. The molecule has 15 aromatic rings. The van der Waals surface area contributed by atoms with E-state index in [0.29, 0.717) is 55.6 Å². The molecule has 0 atom stereocenters. The van der Waals surface area contributed by atoms with E-state index in [0.717, 1.165) is 62.1 Å². The second-order valence-electron chi connectivity index (χ2n) is 29.7. The molecule has 622 valence electrons. The molecular formula is C102H94O20. The summed E-state index contributed by atoms with van der Waals surface area (Å²) in [7, 11) is 0. The molecule has 0 aliphatic heterocycles. The Morgan fingerprint density at radius 1 is 0.172 bits per heavy atom. The van der Waals surface area contributed by atoms with E-state index >= 15 is 0 Å². The van der Waals surface area contributed by atoms with E-state index in [9.17, 15) is 102 Å². The first-order valence-corrected chi connectivity index (χ1v) is 38.8. The van der Waals surface area contributed by atoms with Crippen molar-refractivity contribution in [3.63, 3.8) is 0 Å². The van der Waals surface area contributed by atoms with Crippen molar-refractivity contribution in [2.75, 3.05) is 0 Å². The summed E-state index contributed by atoms with van der Waals surface area (Å²) in [5.41, 5.74) is 16.7. The number of aryl methyl sites for hydroxylation is 6. The van der Waals surface area contributed by atoms with E-state index in [1.807, 2.05) is 150 Å². The number of phenols is 20. The summed E-state index contributed by atoms with van der Waals surface area (Å²) < 4.78 is 0. The van der Waals surface area contributed by atoms with Gasteiger partial charge in [-0.2, -0.15) is 0 Å². The number of benzene rings is 15. The fourth-order valence-electron chi connectivity index (χ4n) is 14.8. The lowest BCUT2D eigenvalue weighted by molar-refractivity contribution is 0.438. The normalized spacial score (nSPS) is 10.9. The Morgan fingerprint density at radius 2 is 0.393 bits per heavy atom. The van der Waals surface area contributed by atoms with Crippen molar-refractivity contribution < 1.29 is 102 Å². The summed E-state index contributed by atoms with van der Waals surface area (Å²) >= 11 is 0. The largest absolute Gasteiger partial charge is 0.508 e. The predicted octanol–water partition coefficient (Wildman–Crippen LogP) is 20.6. The highest BCUT2D eigenvalue weighted by Gasteiger charge is 2.30. The molecule has 0 spiro atoms. The third-order valence-corrected chi connectivity index (χ3v) is 21.1. The van der Waals surface area contributed by atoms with Crippen LogP contribution in [0.1, 0.15) is 153 Å². The summed E-state index contributed by atoms with van der Waals surface area (Å²) in [6, 6.07) is 81.1. The molecule has 20 nitrogen and oxygen atoms in total. The fraction of sp³-hybridized carbons (Fsp3) is 0.118. The van der Waals surface area contributed by atoms with Crippen LogP contribution >= 0.6 is 0 Å². The second kappa shape index (κ2) is 38.6. The van der Waals surface area contributed by atoms with E-state index in [4.69, 9.17) is 0 Å². The molecule has 20 N–H and O–H groups in total. The van der Waals surface area contributed by atoms with E-state index in [2.05, 4.69) is 6.92 Å². The molecule has 0 heterocycles. The molecular weight excluding hydrogens is 1550 g/mol. The summed E-state index contributed by atoms with van der Waals surface area (Å²) in [5, 5.41) is 199. The van der Waals surface area contributed by atoms with Crippen LogP contribution in [0.5, 0.6) is 115 Å². The molecule has 20 heteroatoms. The fourth-order valence-corrected chi connectivity index (χ4v) is 14.8. The number of hydrogen-bond donors (Lipinski definition) is 20. The first-order valence-electron chi connectivity index (χ1n) is 38.8. The van der Waals surface area contributed by atoms with Gasteiger partial charge in [-0.3, -0.25) is 0 Å². The van der Waals surface area contributed by atoms with Gasteiger partial charge in [0.15, 0.2) is 0 Å². The molecule has 0 aliphatic rings. The molecule has 0 bridgehead atoms. The van der Waals surface area contributed by atoms with Gasteiger partial charge >= 0.3 is 0 Å². The monoisotopic (exact) mass is 1640 g/mol. The highest BCUT2D eigenvalue weighted by Crippen LogP contribution is 2.49. The molecule has 0 radical (unpaired) electrons. The van der Waals surface area contributed by atoms with Crippen LogP contribution in [0, 0.1) is 34.6 Å². The lowest BCUT2D eigenvalue weighted by Crippen LogP contribution is -2.06. The van der Waals surface area contributed by atoms with E-state index in [1.165, 1.54) is 127 Å². The summed E-state index contributed by atoms with van der Waals surface area (Å²) in [6.07, 6.45) is 0.917. The molecule has 0 fully saturated rings. The average Bonchev–Trinajstić information content (AvgIpc) is 0.801. The number of rotatable bonds is 16. The SMILES string of the molecule is CCc1ccc(C(c2ccc(O)cc2O)c2ccc(O)cc2O)cc1.Cc1ccc(C(c2ccc(O)cc2O)c2ccc(O)cc2O)c(C)c1.Cc1ccc(C(c2ccc(O)cc2O)c2ccc(O)cc2O)cc1.Cc1ccc(C(c2ccc(O)cc2O)c2ccc(O)cc2O)cc1C.Oc1ccc(C(c2ccccc2)c2ccc(O)cc2O)c(O)c1. The van der Waals surface area contributed by atoms with E-state index < -0.39 is 29.6 Å². The van der Waals surface area contributed by atoms with E-state index in [-0.39, 0.29) is 115 Å². The minimum atomic E-state index is -0.444. The Labute approximate surface area is 705 Å². The van der Waals surface area contributed by atoms with Gasteiger partial charge in [-0.25, -0.2) is 0 Å². The third kappa shape index (κ3) is 21.0. The molecule has 0 amide bonds. The molecule has 15 rings (SSSR count). The summed E-state index contributed by atoms with van der Waals surface area (Å²) in [6.45, 7) is 12.1. The van der Waals surface area contributed by atoms with Crippen molar-refractivity contribution in [1.29, 1.82) is 0 Å². The zero-order chi connectivity index (χ0) is 87.9. The molecule has 0 saturated carbocycles. The van der Waals surface area contributed by atoms with Crippen molar-refractivity contribution in [3.8, 4) is 115 Å². The Hall–Kier alpha value is -15.7. The molecule has 15 aromatic carbocycles. The van der Waals surface area contributed by atoms with E-state index in [1.54, 1.807) is 60.7 Å². The molecule has 0 saturated heterocycles. The van der Waals surface area contributed by atoms with Crippen LogP contribution in [0.15, 0.2) is 297 Å². The van der Waals surface area contributed by atoms with Crippen LogP contribution in [0.25, 0.3) is 0 Å². The standard InChI is InChI=1S/3C21H20O4.C20H18O4.C19H16O4/c1-12-3-6-16(13(2)9-12)21(17-7-4-14(22)10-19(17)24)18-8-5-15(23)11-20(18)25;1-12-3-4-14(9-13(12)2)21(17-7-5-15(22)10-19(17)24)18-8-6-16(23)11-20(18)25;1-2-13-3-5-14(6-4-13)21(17-9-7-15(22)11-19(17)24)18-10-8-16(23)12-20(18)25;1-12-2-4-13(5-3-12)20(16-8-6-14(21)10-18(16)23)17-9-7-15(22)11-19(17)24;20-13-6-8-15(17(22)10-13)19(12-4-2-1-3-5-12)16-9-7-14(21)11-18(16)23/h2*3-11,21-25H,1-2H3;3-12,21-25H,2H2,1H3;2-11,20-24H,1H3;1-11,19-23H. The van der Waals surface area contributed by atoms with Gasteiger partial charge in [-0.1, -0.05) is 194 Å². The highest BCUT2D eigenvalue weighted by molar-refractivity contribution is 5.62. The Bertz CT molecular complexity index is 5860. The maximum Gasteiger partial charge on any atom is 0.123 e. The van der Waals surface area contributed by atoms with Crippen molar-refractivity contribution in [2.45, 2.75) is 77.6 Å². The Balaban J connectivity index is 0.000000149. The molecule has 0 aliphatic carbocycles. The maximum absolute atomic E-state index is 10.4. The molecule has 0 aromatic heterocycles. The van der Waals surface area contributed by atoms with Gasteiger partial charge in [-0.15, -0.1) is 0 Å². The lowest BCUT2D eigenvalue weighted by atomic mass is 9.81. The lowest BCUT2D eigenvalue weighted by Gasteiger charge is -2.23. The predicted molar refractivity (Wildman–Crippen MR) is 468 cm³/mol. The highest BCUT2D eigenvalue weighted by atomic mass is 16.3. The Morgan fingerprint density at radius 3 is 0.639 bits per heavy atom. The van der Waals surface area contributed by atoms with Gasteiger partial charge in [0, 0.05) is 146 Å². The van der Waals surface area contributed by atoms with Gasteiger partial charge < -0.3 is 102 Å². The first kappa shape index (κ1) is 87.1. The second-order valence-corrected chi connectivity index (χ2v) is 29.7. The molecule has 0 unspecified atom stereocenters. The first-order chi connectivity index (χ1) is 58.2. The van der Waals surface area contributed by atoms with Gasteiger partial charge in [0.2, 0.25) is 0 Å². The minimum Gasteiger partial charge on any atom is -0.508 e. The zero-order valence-electron chi connectivity index (χ0n) is 67.3. The summed E-state index contributed by atoms with van der Waals surface area (Å²) in [4.78, 5) is 0. The smallest absolute Gasteiger partial charge is 0.123 e. The van der Waals surface area contributed by atoms with Gasteiger partial charge in [0.1, 0.15) is 115 Å². The van der Waals surface area contributed by atoms with Gasteiger partial charge in [-0.05, 0) is 152 Å². The van der Waals surface area contributed by atoms with Crippen molar-refractivity contribution in [2.24, 2.45) is 0 Å². The van der Waals surface area contributed by atoms with Gasteiger partial charge in [0.25, 0.3) is 0 Å². The number of hydrogen-bond acceptors (Lipinski definition) is 20. The third-order valence-electron chi connectivity index (χ3n) is 21.1. The van der Waals surface area contributed by atoms with Crippen molar-refractivity contribution in [1.82, 2.24) is 0 Å². The zero-order valence-corrected chi connectivity index (χ0v) is 67.3.